The van der Waals surface area contributed by atoms with Crippen LogP contribution >= 0.6 is 0 Å². The molecule has 13 nitrogen and oxygen atoms in total. The predicted octanol–water partition coefficient (Wildman–Crippen LogP) is -0.418. The number of aromatic nitrogens is 2. The molecule has 8 N–H and O–H groups in total. The van der Waals surface area contributed by atoms with Crippen LogP contribution in [-0.2, 0) is 36.8 Å². The zero-order valence-corrected chi connectivity index (χ0v) is 21.2. The number of hydrogen-bond acceptors (Lipinski definition) is 7. The lowest BCUT2D eigenvalue weighted by Gasteiger charge is -2.25. The maximum absolute atomic E-state index is 13.1. The number of nitrogens with zero attached hydrogens (tertiary/aromatic N) is 1. The van der Waals surface area contributed by atoms with E-state index in [1.54, 1.807) is 0 Å². The van der Waals surface area contributed by atoms with E-state index in [-0.39, 0.29) is 25.2 Å². The van der Waals surface area contributed by atoms with Gasteiger partial charge in [-0.25, -0.2) is 9.78 Å². The summed E-state index contributed by atoms with van der Waals surface area (Å²) in [6.07, 6.45) is 2.22. The zero-order chi connectivity index (χ0) is 28.2. The molecular formula is C25H34N6O7. The Kier molecular flexibility index (Phi) is 11.4. The number of hydrogen-bond donors (Lipinski definition) is 7. The number of amides is 3. The van der Waals surface area contributed by atoms with Gasteiger partial charge in [0.25, 0.3) is 0 Å². The summed E-state index contributed by atoms with van der Waals surface area (Å²) in [4.78, 5) is 68.3. The molecule has 1 heterocycles. The Morgan fingerprint density at radius 3 is 2.05 bits per heavy atom. The first-order valence-corrected chi connectivity index (χ1v) is 12.1. The fourth-order valence-electron chi connectivity index (χ4n) is 3.69. The Bertz CT molecular complexity index is 1090. The molecule has 13 heteroatoms. The Hall–Kier alpha value is -4.26. The van der Waals surface area contributed by atoms with Crippen molar-refractivity contribution in [1.29, 1.82) is 0 Å². The number of nitrogens with one attached hydrogen (secondary N) is 4. The van der Waals surface area contributed by atoms with Gasteiger partial charge in [0.15, 0.2) is 0 Å². The molecule has 0 aliphatic rings. The van der Waals surface area contributed by atoms with Crippen LogP contribution in [-0.4, -0.2) is 74.0 Å². The second-order valence-corrected chi connectivity index (χ2v) is 9.33. The highest BCUT2D eigenvalue weighted by Gasteiger charge is 2.32. The van der Waals surface area contributed by atoms with Crippen LogP contribution < -0.4 is 21.7 Å². The van der Waals surface area contributed by atoms with Crippen molar-refractivity contribution in [2.45, 2.75) is 63.7 Å². The minimum Gasteiger partial charge on any atom is -0.481 e. The summed E-state index contributed by atoms with van der Waals surface area (Å²) in [5, 5.41) is 26.0. The zero-order valence-electron chi connectivity index (χ0n) is 21.2. The predicted molar refractivity (Wildman–Crippen MR) is 136 cm³/mol. The third kappa shape index (κ3) is 10.0. The number of rotatable bonds is 15. The summed E-state index contributed by atoms with van der Waals surface area (Å²) < 4.78 is 0. The number of carboxylic acids is 2. The monoisotopic (exact) mass is 530 g/mol. The normalized spacial score (nSPS) is 14.1. The SMILES string of the molecule is CC(C)CC(NC(=O)C(N)Cc1ccccc1)C(=O)NC(CC(=O)O)C(=O)NC(Cc1cnc[nH]1)C(=O)O. The van der Waals surface area contributed by atoms with Gasteiger partial charge in [-0.1, -0.05) is 44.2 Å². The van der Waals surface area contributed by atoms with Crippen molar-refractivity contribution >= 4 is 29.7 Å². The number of carbonyl (C=O) groups is 5. The lowest BCUT2D eigenvalue weighted by atomic mass is 10.0. The van der Waals surface area contributed by atoms with E-state index in [9.17, 15) is 34.2 Å². The average molecular weight is 531 g/mol. The highest BCUT2D eigenvalue weighted by Crippen LogP contribution is 2.09. The minimum atomic E-state index is -1.59. The lowest BCUT2D eigenvalue weighted by Crippen LogP contribution is -2.58. The molecule has 0 bridgehead atoms. The minimum absolute atomic E-state index is 0.0473. The van der Waals surface area contributed by atoms with Gasteiger partial charge in [0.1, 0.15) is 18.1 Å². The molecule has 0 spiro atoms. The maximum Gasteiger partial charge on any atom is 0.326 e. The molecule has 206 valence electrons. The first-order valence-electron chi connectivity index (χ1n) is 12.1. The molecule has 4 unspecified atom stereocenters. The topological polar surface area (TPSA) is 217 Å². The van der Waals surface area contributed by atoms with E-state index >= 15 is 0 Å². The molecular weight excluding hydrogens is 496 g/mol. The summed E-state index contributed by atoms with van der Waals surface area (Å²) in [7, 11) is 0. The van der Waals surface area contributed by atoms with Crippen molar-refractivity contribution < 1.29 is 34.2 Å². The number of benzene rings is 1. The van der Waals surface area contributed by atoms with Crippen molar-refractivity contribution in [2.75, 3.05) is 0 Å². The van der Waals surface area contributed by atoms with Crippen molar-refractivity contribution in [2.24, 2.45) is 11.7 Å². The van der Waals surface area contributed by atoms with Gasteiger partial charge in [0.05, 0.1) is 18.8 Å². The Balaban J connectivity index is 2.11. The van der Waals surface area contributed by atoms with Crippen LogP contribution in [0.4, 0.5) is 0 Å². The number of nitrogens with two attached hydrogens (primary N) is 1. The van der Waals surface area contributed by atoms with Crippen LogP contribution in [0.25, 0.3) is 0 Å². The first kappa shape index (κ1) is 30.0. The molecule has 2 aromatic rings. The van der Waals surface area contributed by atoms with Crippen LogP contribution in [0.1, 0.15) is 37.9 Å². The fourth-order valence-corrected chi connectivity index (χ4v) is 3.69. The van der Waals surface area contributed by atoms with Crippen LogP contribution in [0, 0.1) is 5.92 Å². The van der Waals surface area contributed by atoms with Crippen LogP contribution in [0.5, 0.6) is 0 Å². The van der Waals surface area contributed by atoms with Gasteiger partial charge < -0.3 is 36.9 Å². The first-order chi connectivity index (χ1) is 18.0. The molecule has 0 fully saturated rings. The van der Waals surface area contributed by atoms with Gasteiger partial charge in [-0.15, -0.1) is 0 Å². The number of aromatic amines is 1. The number of imidazole rings is 1. The Morgan fingerprint density at radius 2 is 1.50 bits per heavy atom. The smallest absolute Gasteiger partial charge is 0.326 e. The fraction of sp³-hybridized carbons (Fsp3) is 0.440. The summed E-state index contributed by atoms with van der Waals surface area (Å²) in [5.41, 5.74) is 7.30. The number of H-pyrrole nitrogens is 1. The quantitative estimate of drug-likeness (QED) is 0.159. The molecule has 0 saturated heterocycles. The van der Waals surface area contributed by atoms with Crippen molar-refractivity contribution in [1.82, 2.24) is 25.9 Å². The Morgan fingerprint density at radius 1 is 0.895 bits per heavy atom. The summed E-state index contributed by atoms with van der Waals surface area (Å²) in [5.74, 6) is -5.16. The van der Waals surface area contributed by atoms with E-state index in [2.05, 4.69) is 25.9 Å². The standard InChI is InChI=1S/C25H34N6O7/c1-14(2)8-18(29-22(34)17(26)9-15-6-4-3-5-7-15)23(35)30-19(11-21(32)33)24(36)31-20(25(37)38)10-16-12-27-13-28-16/h3-7,12-14,17-20H,8-11,26H2,1-2H3,(H,27,28)(H,29,34)(H,30,35)(H,31,36)(H,32,33)(H,37,38). The van der Waals surface area contributed by atoms with Crippen molar-refractivity contribution in [3.8, 4) is 0 Å². The van der Waals surface area contributed by atoms with Gasteiger partial charge in [0, 0.05) is 18.3 Å². The van der Waals surface area contributed by atoms with Crippen molar-refractivity contribution in [3.63, 3.8) is 0 Å². The van der Waals surface area contributed by atoms with Crippen LogP contribution in [0.3, 0.4) is 0 Å². The molecule has 0 saturated carbocycles. The molecule has 3 amide bonds. The number of carbonyl (C=O) groups excluding carboxylic acids is 3. The second kappa shape index (κ2) is 14.5. The van der Waals surface area contributed by atoms with E-state index in [0.717, 1.165) is 5.56 Å². The molecule has 0 aliphatic carbocycles. The lowest BCUT2D eigenvalue weighted by molar-refractivity contribution is -0.143. The molecule has 1 aromatic heterocycles. The highest BCUT2D eigenvalue weighted by molar-refractivity contribution is 5.95. The molecule has 2 rings (SSSR count). The number of aliphatic carboxylic acids is 2. The average Bonchev–Trinajstić information content (AvgIpc) is 3.35. The van der Waals surface area contributed by atoms with E-state index < -0.39 is 60.2 Å². The molecule has 1 aromatic carbocycles. The van der Waals surface area contributed by atoms with Crippen molar-refractivity contribution in [3.05, 3.63) is 54.1 Å². The summed E-state index contributed by atoms with van der Waals surface area (Å²) in [6.45, 7) is 3.65. The molecule has 0 radical (unpaired) electrons. The molecule has 0 aliphatic heterocycles. The Labute approximate surface area is 219 Å². The van der Waals surface area contributed by atoms with Gasteiger partial charge in [-0.2, -0.15) is 0 Å². The maximum atomic E-state index is 13.1. The van der Waals surface area contributed by atoms with E-state index in [1.165, 1.54) is 12.5 Å². The van der Waals surface area contributed by atoms with Gasteiger partial charge in [0.2, 0.25) is 17.7 Å². The van der Waals surface area contributed by atoms with Crippen LogP contribution in [0.2, 0.25) is 0 Å². The van der Waals surface area contributed by atoms with E-state index in [4.69, 9.17) is 5.73 Å². The third-order valence-corrected chi connectivity index (χ3v) is 5.58. The molecule has 38 heavy (non-hydrogen) atoms. The summed E-state index contributed by atoms with van der Waals surface area (Å²) >= 11 is 0. The van der Waals surface area contributed by atoms with Gasteiger partial charge in [-0.3, -0.25) is 19.2 Å². The summed E-state index contributed by atoms with van der Waals surface area (Å²) in [6, 6.07) is 4.04. The number of carboxylic acid groups (broad SMARTS) is 2. The van der Waals surface area contributed by atoms with Gasteiger partial charge in [-0.05, 0) is 24.3 Å². The van der Waals surface area contributed by atoms with Gasteiger partial charge >= 0.3 is 11.9 Å². The molecule has 4 atom stereocenters. The largest absolute Gasteiger partial charge is 0.481 e. The van der Waals surface area contributed by atoms with E-state index in [0.29, 0.717) is 5.69 Å². The van der Waals surface area contributed by atoms with Crippen LogP contribution in [0.15, 0.2) is 42.9 Å². The third-order valence-electron chi connectivity index (χ3n) is 5.58. The second-order valence-electron chi connectivity index (χ2n) is 9.33. The van der Waals surface area contributed by atoms with E-state index in [1.807, 2.05) is 44.2 Å². The highest BCUT2D eigenvalue weighted by atomic mass is 16.4.